The van der Waals surface area contributed by atoms with Crippen LogP contribution in [0.4, 0.5) is 0 Å². The molecule has 0 aliphatic carbocycles. The molecular weight excluding hydrogens is 777 g/mol. The fourth-order valence-corrected chi connectivity index (χ4v) is 8.09. The maximum atomic E-state index is 13.8. The van der Waals surface area contributed by atoms with E-state index in [0.29, 0.717) is 54.2 Å². The van der Waals surface area contributed by atoms with Crippen LogP contribution in [0.15, 0.2) is 60.9 Å². The van der Waals surface area contributed by atoms with Crippen molar-refractivity contribution >= 4 is 94.2 Å². The maximum Gasteiger partial charge on any atom is 0.327 e. The van der Waals surface area contributed by atoms with E-state index in [1.54, 1.807) is 36.7 Å². The van der Waals surface area contributed by atoms with Crippen molar-refractivity contribution in [2.45, 2.75) is 69.4 Å². The number of carboxylic acids is 2. The quantitative estimate of drug-likeness (QED) is 0.0550. The standard InChI is InChI=1S/C39H42N6O10S2/c46-32(36(50)44-16-5-12-30(44)34(48)40-26(20-56)38(52)53)24-18-42(28-10-3-1-8-22(24)28)14-7-15-43-19-25(23-9-2-4-11-29(23)43)33(47)37(51)45-17-6-13-31(45)35(49)41-27(21-57)39(54)55/h1-4,8-11,18-19,26-27,30-31,56-57H,5-7,12-17,20-21H2,(H,40,48)(H,41,49)(H,52,53)(H,54,55)/t26-,27-,30-,31?/m0/s1. The Labute approximate surface area is 337 Å². The number of aryl methyl sites for hydroxylation is 2. The van der Waals surface area contributed by atoms with Gasteiger partial charge in [0.2, 0.25) is 11.8 Å². The van der Waals surface area contributed by atoms with Crippen molar-refractivity contribution in [1.82, 2.24) is 29.6 Å². The van der Waals surface area contributed by atoms with E-state index in [1.165, 1.54) is 9.80 Å². The van der Waals surface area contributed by atoms with E-state index in [-0.39, 0.29) is 48.6 Å². The minimum atomic E-state index is -1.26. The van der Waals surface area contributed by atoms with E-state index >= 15 is 0 Å². The number of carbonyl (C=O) groups is 8. The van der Waals surface area contributed by atoms with Gasteiger partial charge in [0.15, 0.2) is 0 Å². The number of amides is 4. The number of hydrogen-bond acceptors (Lipinski definition) is 10. The zero-order chi connectivity index (χ0) is 41.0. The third kappa shape index (κ3) is 8.41. The van der Waals surface area contributed by atoms with Gasteiger partial charge in [-0.2, -0.15) is 25.3 Å². The maximum absolute atomic E-state index is 13.8. The highest BCUT2D eigenvalue weighted by molar-refractivity contribution is 7.80. The molecule has 4 N–H and O–H groups in total. The Morgan fingerprint density at radius 2 is 1.02 bits per heavy atom. The highest BCUT2D eigenvalue weighted by Gasteiger charge is 2.40. The Morgan fingerprint density at radius 1 is 0.632 bits per heavy atom. The summed E-state index contributed by atoms with van der Waals surface area (Å²) in [6.45, 7) is 1.14. The van der Waals surface area contributed by atoms with Crippen molar-refractivity contribution in [3.8, 4) is 0 Å². The van der Waals surface area contributed by atoms with Crippen LogP contribution in [0, 0.1) is 0 Å². The van der Waals surface area contributed by atoms with Crippen LogP contribution in [0.25, 0.3) is 21.8 Å². The van der Waals surface area contributed by atoms with Crippen molar-refractivity contribution < 1.29 is 48.6 Å². The van der Waals surface area contributed by atoms with E-state index < -0.39 is 71.3 Å². The van der Waals surface area contributed by atoms with Crippen LogP contribution in [0.2, 0.25) is 0 Å². The van der Waals surface area contributed by atoms with E-state index in [4.69, 9.17) is 0 Å². The van der Waals surface area contributed by atoms with E-state index in [2.05, 4.69) is 35.9 Å². The molecule has 2 aliphatic rings. The fourth-order valence-electron chi connectivity index (χ4n) is 7.60. The first-order valence-corrected chi connectivity index (χ1v) is 19.8. The summed E-state index contributed by atoms with van der Waals surface area (Å²) in [6.07, 6.45) is 5.22. The number of nitrogens with one attached hydrogen (secondary N) is 2. The summed E-state index contributed by atoms with van der Waals surface area (Å²) in [5.74, 6) is -7.43. The van der Waals surface area contributed by atoms with Crippen LogP contribution in [0.5, 0.6) is 0 Å². The summed E-state index contributed by atoms with van der Waals surface area (Å²) in [5.41, 5.74) is 1.73. The Kier molecular flexibility index (Phi) is 12.7. The van der Waals surface area contributed by atoms with Gasteiger partial charge in [-0.15, -0.1) is 0 Å². The van der Waals surface area contributed by atoms with Crippen molar-refractivity contribution in [1.29, 1.82) is 0 Å². The molecule has 4 heterocycles. The lowest BCUT2D eigenvalue weighted by molar-refractivity contribution is -0.143. The summed E-state index contributed by atoms with van der Waals surface area (Å²) in [7, 11) is 0. The molecule has 0 saturated carbocycles. The average molecular weight is 819 g/mol. The second-order valence-electron chi connectivity index (χ2n) is 14.0. The number of aromatic nitrogens is 2. The molecule has 300 valence electrons. The predicted molar refractivity (Wildman–Crippen MR) is 213 cm³/mol. The van der Waals surface area contributed by atoms with Crippen LogP contribution in [-0.4, -0.2) is 125 Å². The Balaban J connectivity index is 1.16. The SMILES string of the molecule is O=C(C(=O)N1CCCC1C(=O)N[C@@H](CS)C(=O)O)c1cn(CCCn2cc(C(=O)C(=O)N3CCC[C@H]3C(=O)N[C@@H](CS)C(=O)O)c3ccccc32)c2ccccc12. The van der Waals surface area contributed by atoms with Crippen LogP contribution < -0.4 is 10.6 Å². The Morgan fingerprint density at radius 3 is 1.39 bits per heavy atom. The van der Waals surface area contributed by atoms with Crippen molar-refractivity contribution in [2.24, 2.45) is 0 Å². The molecule has 6 rings (SSSR count). The third-order valence-electron chi connectivity index (χ3n) is 10.5. The number of nitrogens with zero attached hydrogens (tertiary/aromatic N) is 4. The number of likely N-dealkylation sites (tertiary alicyclic amines) is 2. The number of benzene rings is 2. The number of rotatable bonds is 16. The molecule has 4 amide bonds. The topological polar surface area (TPSA) is 217 Å². The lowest BCUT2D eigenvalue weighted by atomic mass is 10.1. The van der Waals surface area contributed by atoms with Gasteiger partial charge in [-0.1, -0.05) is 36.4 Å². The highest BCUT2D eigenvalue weighted by atomic mass is 32.1. The zero-order valence-electron chi connectivity index (χ0n) is 30.7. The lowest BCUT2D eigenvalue weighted by Gasteiger charge is -2.24. The van der Waals surface area contributed by atoms with Crippen LogP contribution in [0.1, 0.15) is 52.8 Å². The molecular formula is C39H42N6O10S2. The average Bonchev–Trinajstić information content (AvgIpc) is 4.03. The second kappa shape index (κ2) is 17.7. The summed E-state index contributed by atoms with van der Waals surface area (Å²) >= 11 is 7.96. The van der Waals surface area contributed by atoms with Gasteiger partial charge < -0.3 is 39.8 Å². The van der Waals surface area contributed by atoms with Gasteiger partial charge in [-0.25, -0.2) is 9.59 Å². The molecule has 4 atom stereocenters. The molecule has 18 heteroatoms. The monoisotopic (exact) mass is 818 g/mol. The van der Waals surface area contributed by atoms with Crippen molar-refractivity contribution in [2.75, 3.05) is 24.6 Å². The first kappa shape index (κ1) is 41.0. The lowest BCUT2D eigenvalue weighted by Crippen LogP contribution is -2.52. The summed E-state index contributed by atoms with van der Waals surface area (Å²) in [5, 5.41) is 24.6. The van der Waals surface area contributed by atoms with Gasteiger partial charge in [0.05, 0.1) is 11.1 Å². The predicted octanol–water partition coefficient (Wildman–Crippen LogP) is 2.03. The normalized spacial score (nSPS) is 17.7. The largest absolute Gasteiger partial charge is 0.480 e. The first-order chi connectivity index (χ1) is 27.4. The molecule has 0 radical (unpaired) electrons. The van der Waals surface area contributed by atoms with Gasteiger partial charge in [0.25, 0.3) is 23.4 Å². The number of thiol groups is 2. The molecule has 2 aromatic carbocycles. The van der Waals surface area contributed by atoms with Crippen LogP contribution >= 0.6 is 25.3 Å². The number of Topliss-reactive ketones (excluding diaryl/α,β-unsaturated/α-hetero) is 2. The van der Waals surface area contributed by atoms with Gasteiger partial charge >= 0.3 is 11.9 Å². The van der Waals surface area contributed by atoms with E-state index in [0.717, 1.165) is 0 Å². The highest BCUT2D eigenvalue weighted by Crippen LogP contribution is 2.28. The van der Waals surface area contributed by atoms with E-state index in [9.17, 15) is 48.6 Å². The summed E-state index contributed by atoms with van der Waals surface area (Å²) in [4.78, 5) is 106. The first-order valence-electron chi connectivity index (χ1n) is 18.5. The van der Waals surface area contributed by atoms with Crippen LogP contribution in [-0.2, 0) is 41.9 Å². The molecule has 2 saturated heterocycles. The number of para-hydroxylation sites is 2. The Hall–Kier alpha value is -5.62. The molecule has 2 aromatic heterocycles. The number of carboxylic acid groups (broad SMARTS) is 2. The molecule has 16 nitrogen and oxygen atoms in total. The van der Waals surface area contributed by atoms with Gasteiger partial charge in [-0.3, -0.25) is 28.8 Å². The number of ketones is 2. The minimum absolute atomic E-state index is 0.142. The summed E-state index contributed by atoms with van der Waals surface area (Å²) in [6, 6.07) is 9.77. The number of carbonyl (C=O) groups excluding carboxylic acids is 6. The fraction of sp³-hybridized carbons (Fsp3) is 0.385. The van der Waals surface area contributed by atoms with Gasteiger partial charge in [-0.05, 0) is 44.2 Å². The third-order valence-corrected chi connectivity index (χ3v) is 11.2. The van der Waals surface area contributed by atoms with Crippen molar-refractivity contribution in [3.05, 3.63) is 72.1 Å². The minimum Gasteiger partial charge on any atom is -0.480 e. The molecule has 57 heavy (non-hydrogen) atoms. The smallest absolute Gasteiger partial charge is 0.327 e. The molecule has 0 bridgehead atoms. The van der Waals surface area contributed by atoms with Gasteiger partial charge in [0.1, 0.15) is 24.2 Å². The molecule has 4 aromatic rings. The number of aliphatic carboxylic acids is 2. The number of fused-ring (bicyclic) bond motifs is 2. The summed E-state index contributed by atoms with van der Waals surface area (Å²) < 4.78 is 3.72. The van der Waals surface area contributed by atoms with Crippen LogP contribution in [0.3, 0.4) is 0 Å². The molecule has 2 fully saturated rings. The van der Waals surface area contributed by atoms with Gasteiger partial charge in [0, 0.05) is 71.9 Å². The number of hydrogen-bond donors (Lipinski definition) is 6. The molecule has 2 aliphatic heterocycles. The van der Waals surface area contributed by atoms with Crippen molar-refractivity contribution in [3.63, 3.8) is 0 Å². The second-order valence-corrected chi connectivity index (χ2v) is 14.7. The molecule has 1 unspecified atom stereocenters. The molecule has 0 spiro atoms. The van der Waals surface area contributed by atoms with E-state index in [1.807, 2.05) is 33.4 Å². The Bertz CT molecular complexity index is 2110. The zero-order valence-corrected chi connectivity index (χ0v) is 32.5.